The number of benzene rings is 2. The number of carbonyl (C=O) groups is 2. The number of aryl methyl sites for hydroxylation is 1. The van der Waals surface area contributed by atoms with Crippen LogP contribution in [0, 0.1) is 17.5 Å². The number of nitrogens with one attached hydrogen (secondary N) is 3. The third kappa shape index (κ3) is 7.20. The van der Waals surface area contributed by atoms with E-state index in [0.29, 0.717) is 17.1 Å². The Morgan fingerprint density at radius 2 is 1.95 bits per heavy atom. The monoisotopic (exact) mass is 563 g/mol. The van der Waals surface area contributed by atoms with Gasteiger partial charge in [0.1, 0.15) is 5.82 Å². The number of nitrogens with zero attached hydrogens (tertiary/aromatic N) is 2. The van der Waals surface area contributed by atoms with E-state index in [1.807, 2.05) is 29.8 Å². The van der Waals surface area contributed by atoms with Crippen LogP contribution in [-0.4, -0.2) is 39.1 Å². The zero-order valence-corrected chi connectivity index (χ0v) is 22.3. The standard InChI is InChI=1S/C30H28F3N5O3/c1-18(39)21(6-4-9-34-17-20-13-24(31)28(33)25(32)14-20)29(40)36-10-3-5-19-7-8-22-23(30(41)37-26(22)15-19)16-27-35-11-12-38(27)2/h3-9,11-16,18,34,39H,10,17H2,1-2H3,(H,36,40)(H,37,41)/b5-3+,9-4-,21-6+,23-16+. The molecule has 0 radical (unpaired) electrons. The first kappa shape index (κ1) is 29.1. The van der Waals surface area contributed by atoms with Crippen molar-refractivity contribution in [2.45, 2.75) is 19.6 Å². The number of carbonyl (C=O) groups excluding carboxylic acids is 2. The third-order valence-corrected chi connectivity index (χ3v) is 6.20. The molecule has 1 aliphatic heterocycles. The molecule has 1 unspecified atom stereocenters. The van der Waals surface area contributed by atoms with E-state index < -0.39 is 29.5 Å². The minimum atomic E-state index is -1.53. The van der Waals surface area contributed by atoms with Crippen molar-refractivity contribution in [2.24, 2.45) is 7.05 Å². The number of halogens is 3. The third-order valence-electron chi connectivity index (χ3n) is 6.20. The van der Waals surface area contributed by atoms with Gasteiger partial charge in [0.2, 0.25) is 5.91 Å². The van der Waals surface area contributed by atoms with Crippen LogP contribution < -0.4 is 16.0 Å². The second kappa shape index (κ2) is 13.0. The minimum absolute atomic E-state index is 0.0214. The summed E-state index contributed by atoms with van der Waals surface area (Å²) in [6.07, 6.45) is 12.0. The molecule has 4 rings (SSSR count). The topological polar surface area (TPSA) is 108 Å². The highest BCUT2D eigenvalue weighted by molar-refractivity contribution is 6.34. The minimum Gasteiger partial charge on any atom is -0.388 e. The molecule has 3 aromatic rings. The van der Waals surface area contributed by atoms with Gasteiger partial charge in [0, 0.05) is 49.4 Å². The molecule has 0 spiro atoms. The first-order valence-electron chi connectivity index (χ1n) is 12.6. The number of imidazole rings is 1. The van der Waals surface area contributed by atoms with Crippen LogP contribution in [0.4, 0.5) is 18.9 Å². The van der Waals surface area contributed by atoms with E-state index in [9.17, 15) is 27.9 Å². The number of anilines is 1. The van der Waals surface area contributed by atoms with E-state index in [0.717, 1.165) is 23.3 Å². The van der Waals surface area contributed by atoms with E-state index in [1.165, 1.54) is 25.3 Å². The molecule has 1 aliphatic rings. The Labute approximate surface area is 234 Å². The second-order valence-electron chi connectivity index (χ2n) is 9.24. The van der Waals surface area contributed by atoms with Crippen molar-refractivity contribution in [3.05, 3.63) is 113 Å². The van der Waals surface area contributed by atoms with Crippen molar-refractivity contribution in [1.29, 1.82) is 0 Å². The molecule has 41 heavy (non-hydrogen) atoms. The molecule has 4 N–H and O–H groups in total. The highest BCUT2D eigenvalue weighted by Crippen LogP contribution is 2.33. The number of aliphatic hydroxyl groups excluding tert-OH is 1. The largest absolute Gasteiger partial charge is 0.388 e. The van der Waals surface area contributed by atoms with Crippen LogP contribution in [-0.2, 0) is 23.2 Å². The van der Waals surface area contributed by atoms with Crippen LogP contribution in [0.3, 0.4) is 0 Å². The molecule has 1 aromatic heterocycles. The molecule has 0 bridgehead atoms. The fourth-order valence-corrected chi connectivity index (χ4v) is 4.06. The smallest absolute Gasteiger partial charge is 0.256 e. The molecule has 11 heteroatoms. The molecular formula is C30H28F3N5O3. The Balaban J connectivity index is 1.31. The van der Waals surface area contributed by atoms with Crippen molar-refractivity contribution >= 4 is 35.2 Å². The van der Waals surface area contributed by atoms with Gasteiger partial charge >= 0.3 is 0 Å². The summed E-state index contributed by atoms with van der Waals surface area (Å²) in [6.45, 7) is 1.65. The Kier molecular flexibility index (Phi) is 9.20. The van der Waals surface area contributed by atoms with Gasteiger partial charge in [-0.25, -0.2) is 18.2 Å². The Hall–Kier alpha value is -4.90. The molecule has 0 aliphatic carbocycles. The highest BCUT2D eigenvalue weighted by Gasteiger charge is 2.24. The predicted octanol–water partition coefficient (Wildman–Crippen LogP) is 4.07. The molecule has 2 amide bonds. The van der Waals surface area contributed by atoms with Gasteiger partial charge in [-0.15, -0.1) is 0 Å². The summed E-state index contributed by atoms with van der Waals surface area (Å²) in [5.74, 6) is -4.12. The van der Waals surface area contributed by atoms with Gasteiger partial charge in [-0.1, -0.05) is 24.3 Å². The van der Waals surface area contributed by atoms with E-state index in [1.54, 1.807) is 30.6 Å². The van der Waals surface area contributed by atoms with Gasteiger partial charge in [-0.2, -0.15) is 0 Å². The zero-order valence-electron chi connectivity index (χ0n) is 22.3. The molecule has 0 saturated heterocycles. The van der Waals surface area contributed by atoms with Crippen molar-refractivity contribution in [3.63, 3.8) is 0 Å². The summed E-state index contributed by atoms with van der Waals surface area (Å²) in [7, 11) is 1.85. The zero-order chi connectivity index (χ0) is 29.5. The van der Waals surface area contributed by atoms with Gasteiger partial charge in [-0.05, 0) is 60.7 Å². The van der Waals surface area contributed by atoms with Gasteiger partial charge < -0.3 is 25.6 Å². The summed E-state index contributed by atoms with van der Waals surface area (Å²) in [6, 6.07) is 7.30. The lowest BCUT2D eigenvalue weighted by Gasteiger charge is -2.09. The van der Waals surface area contributed by atoms with E-state index in [2.05, 4.69) is 20.9 Å². The number of fused-ring (bicyclic) bond motifs is 1. The number of allylic oxidation sites excluding steroid dienone is 2. The van der Waals surface area contributed by atoms with Crippen molar-refractivity contribution in [1.82, 2.24) is 20.2 Å². The van der Waals surface area contributed by atoms with Crippen molar-refractivity contribution in [3.8, 4) is 0 Å². The Bertz CT molecular complexity index is 1560. The molecular weight excluding hydrogens is 535 g/mol. The maximum Gasteiger partial charge on any atom is 0.256 e. The summed E-state index contributed by atoms with van der Waals surface area (Å²) in [5, 5.41) is 18.3. The number of hydrogen-bond donors (Lipinski definition) is 4. The van der Waals surface area contributed by atoms with Crippen LogP contribution in [0.5, 0.6) is 0 Å². The summed E-state index contributed by atoms with van der Waals surface area (Å²) < 4.78 is 41.5. The molecule has 0 fully saturated rings. The lowest BCUT2D eigenvalue weighted by atomic mass is 10.0. The Morgan fingerprint density at radius 1 is 1.20 bits per heavy atom. The summed E-state index contributed by atoms with van der Waals surface area (Å²) in [5.41, 5.74) is 3.09. The van der Waals surface area contributed by atoms with Gasteiger partial charge in [0.05, 0.1) is 11.7 Å². The van der Waals surface area contributed by atoms with Crippen molar-refractivity contribution in [2.75, 3.05) is 11.9 Å². The van der Waals surface area contributed by atoms with Gasteiger partial charge in [-0.3, -0.25) is 9.59 Å². The lowest BCUT2D eigenvalue weighted by Crippen LogP contribution is -2.29. The summed E-state index contributed by atoms with van der Waals surface area (Å²) >= 11 is 0. The van der Waals surface area contributed by atoms with Gasteiger partial charge in [0.25, 0.3) is 5.91 Å². The normalized spacial score (nSPS) is 15.0. The quantitative estimate of drug-likeness (QED) is 0.169. The van der Waals surface area contributed by atoms with E-state index >= 15 is 0 Å². The molecule has 2 heterocycles. The van der Waals surface area contributed by atoms with Crippen LogP contribution in [0.15, 0.2) is 72.7 Å². The SMILES string of the molecule is CC(O)/C(=C\C=C/NCc1cc(F)c(F)c(F)c1)C(=O)NC/C=C/c1ccc2c(c1)NC(=O)/C2=C/c1nccn1C. The summed E-state index contributed by atoms with van der Waals surface area (Å²) in [4.78, 5) is 29.3. The molecule has 2 aromatic carbocycles. The van der Waals surface area contributed by atoms with Crippen molar-refractivity contribution < 1.29 is 27.9 Å². The molecule has 8 nitrogen and oxygen atoms in total. The van der Waals surface area contributed by atoms with Gasteiger partial charge in [0.15, 0.2) is 17.5 Å². The number of aliphatic hydroxyl groups is 1. The highest BCUT2D eigenvalue weighted by atomic mass is 19.2. The fraction of sp³-hybridized carbons (Fsp3) is 0.167. The molecule has 0 saturated carbocycles. The first-order chi connectivity index (χ1) is 19.6. The Morgan fingerprint density at radius 3 is 2.63 bits per heavy atom. The fourth-order valence-electron chi connectivity index (χ4n) is 4.06. The van der Waals surface area contributed by atoms with Crippen LogP contribution in [0.1, 0.15) is 29.4 Å². The maximum absolute atomic E-state index is 13.3. The molecule has 1 atom stereocenters. The average molecular weight is 564 g/mol. The number of rotatable bonds is 10. The average Bonchev–Trinajstić information content (AvgIpc) is 3.48. The number of aromatic nitrogens is 2. The second-order valence-corrected chi connectivity index (χ2v) is 9.24. The lowest BCUT2D eigenvalue weighted by molar-refractivity contribution is -0.118. The number of amides is 2. The predicted molar refractivity (Wildman–Crippen MR) is 150 cm³/mol. The van der Waals surface area contributed by atoms with Crippen LogP contribution in [0.25, 0.3) is 17.7 Å². The van der Waals surface area contributed by atoms with Crippen LogP contribution >= 0.6 is 0 Å². The van der Waals surface area contributed by atoms with E-state index in [4.69, 9.17) is 0 Å². The first-order valence-corrected chi connectivity index (χ1v) is 12.6. The van der Waals surface area contributed by atoms with Crippen LogP contribution in [0.2, 0.25) is 0 Å². The maximum atomic E-state index is 13.3. The van der Waals surface area contributed by atoms with E-state index in [-0.39, 0.29) is 30.1 Å². The number of hydrogen-bond acceptors (Lipinski definition) is 5. The molecule has 212 valence electrons.